The van der Waals surface area contributed by atoms with Crippen LogP contribution >= 0.6 is 11.6 Å². The lowest BCUT2D eigenvalue weighted by Gasteiger charge is -2.07. The lowest BCUT2D eigenvalue weighted by Crippen LogP contribution is -2.31. The highest BCUT2D eigenvalue weighted by molar-refractivity contribution is 6.30. The number of amides is 1. The number of carbonyl (C=O) groups is 1. The minimum absolute atomic E-state index is 0.208. The third kappa shape index (κ3) is 4.30. The molecule has 3 rings (SSSR count). The third-order valence-electron chi connectivity index (χ3n) is 3.49. The molecule has 3 aromatic rings. The van der Waals surface area contributed by atoms with Crippen LogP contribution < -0.4 is 11.0 Å². The molecule has 6 nitrogen and oxygen atoms in total. The number of carbonyl (C=O) groups excluding carboxylic acids is 1. The molecule has 0 spiro atoms. The summed E-state index contributed by atoms with van der Waals surface area (Å²) in [5.41, 5.74) is 2.26. The van der Waals surface area contributed by atoms with E-state index in [1.807, 2.05) is 25.1 Å². The van der Waals surface area contributed by atoms with Crippen molar-refractivity contribution in [1.29, 1.82) is 0 Å². The van der Waals surface area contributed by atoms with E-state index in [9.17, 15) is 9.59 Å². The summed E-state index contributed by atoms with van der Waals surface area (Å²) in [6.07, 6.45) is 1.45. The Morgan fingerprint density at radius 1 is 1.20 bits per heavy atom. The van der Waals surface area contributed by atoms with Crippen LogP contribution in [0.4, 0.5) is 5.69 Å². The van der Waals surface area contributed by atoms with Crippen LogP contribution in [0.15, 0.2) is 59.5 Å². The van der Waals surface area contributed by atoms with Crippen LogP contribution in [0.5, 0.6) is 0 Å². The number of halogens is 1. The molecule has 0 aliphatic carbocycles. The van der Waals surface area contributed by atoms with Gasteiger partial charge in [0.05, 0.1) is 11.9 Å². The molecule has 25 heavy (non-hydrogen) atoms. The number of rotatable bonds is 4. The number of hydrogen-bond donors (Lipinski definition) is 1. The Bertz CT molecular complexity index is 967. The first kappa shape index (κ1) is 16.9. The van der Waals surface area contributed by atoms with Crippen molar-refractivity contribution in [1.82, 2.24) is 14.8 Å². The molecular formula is C18H15ClN4O2. The fourth-order valence-corrected chi connectivity index (χ4v) is 2.42. The van der Waals surface area contributed by atoms with E-state index in [-0.39, 0.29) is 12.5 Å². The van der Waals surface area contributed by atoms with E-state index in [4.69, 9.17) is 11.6 Å². The Morgan fingerprint density at radius 3 is 2.64 bits per heavy atom. The first-order valence-electron chi connectivity index (χ1n) is 7.58. The zero-order valence-corrected chi connectivity index (χ0v) is 14.2. The molecule has 0 radical (unpaired) electrons. The van der Waals surface area contributed by atoms with E-state index in [2.05, 4.69) is 15.4 Å². The predicted molar refractivity (Wildman–Crippen MR) is 96.5 cm³/mol. The normalized spacial score (nSPS) is 10.5. The van der Waals surface area contributed by atoms with Crippen molar-refractivity contribution in [3.05, 3.63) is 75.8 Å². The summed E-state index contributed by atoms with van der Waals surface area (Å²) in [6, 6.07) is 14.3. The average Bonchev–Trinajstić information content (AvgIpc) is 2.57. The number of aromatic nitrogens is 3. The van der Waals surface area contributed by atoms with Crippen molar-refractivity contribution in [2.75, 3.05) is 5.32 Å². The van der Waals surface area contributed by atoms with E-state index in [1.54, 1.807) is 30.3 Å². The van der Waals surface area contributed by atoms with Gasteiger partial charge in [-0.3, -0.25) is 4.79 Å². The van der Waals surface area contributed by atoms with Gasteiger partial charge >= 0.3 is 5.69 Å². The molecule has 0 saturated carbocycles. The molecule has 0 aliphatic heterocycles. The van der Waals surface area contributed by atoms with Crippen LogP contribution in [0.25, 0.3) is 11.3 Å². The smallest absolute Gasteiger partial charge is 0.324 e. The molecule has 1 N–H and O–H groups in total. The molecule has 2 aromatic carbocycles. The summed E-state index contributed by atoms with van der Waals surface area (Å²) in [5, 5.41) is 7.35. The van der Waals surface area contributed by atoms with E-state index in [0.29, 0.717) is 16.4 Å². The monoisotopic (exact) mass is 354 g/mol. The molecule has 0 atom stereocenters. The minimum Gasteiger partial charge on any atom is -0.324 e. The van der Waals surface area contributed by atoms with Gasteiger partial charge in [0.25, 0.3) is 0 Å². The molecule has 0 bridgehead atoms. The molecule has 0 aliphatic rings. The zero-order chi connectivity index (χ0) is 17.8. The lowest BCUT2D eigenvalue weighted by molar-refractivity contribution is -0.117. The standard InChI is InChI=1S/C18H15ClN4O2/c1-12-3-2-4-15(9-12)21-17(24)11-23-18(25)22-16(10-20-23)13-5-7-14(19)8-6-13/h2-10H,11H2,1H3,(H,21,24). The van der Waals surface area contributed by atoms with Crippen molar-refractivity contribution in [3.8, 4) is 11.3 Å². The number of nitrogens with zero attached hydrogens (tertiary/aromatic N) is 3. The first-order valence-corrected chi connectivity index (χ1v) is 7.96. The predicted octanol–water partition coefficient (Wildman–Crippen LogP) is 2.91. The topological polar surface area (TPSA) is 76.9 Å². The molecule has 7 heteroatoms. The van der Waals surface area contributed by atoms with Gasteiger partial charge in [-0.05, 0) is 36.8 Å². The average molecular weight is 355 g/mol. The van der Waals surface area contributed by atoms with Crippen molar-refractivity contribution >= 4 is 23.2 Å². The van der Waals surface area contributed by atoms with E-state index in [0.717, 1.165) is 15.8 Å². The highest BCUT2D eigenvalue weighted by Gasteiger charge is 2.09. The number of anilines is 1. The van der Waals surface area contributed by atoms with Crippen LogP contribution in [-0.4, -0.2) is 20.7 Å². The fourth-order valence-electron chi connectivity index (χ4n) is 2.29. The Hall–Kier alpha value is -2.99. The van der Waals surface area contributed by atoms with Crippen LogP contribution in [0.1, 0.15) is 5.56 Å². The largest absolute Gasteiger partial charge is 0.365 e. The SMILES string of the molecule is Cc1cccc(NC(=O)Cn2ncc(-c3ccc(Cl)cc3)nc2=O)c1. The number of aryl methyl sites for hydroxylation is 1. The maximum atomic E-state index is 12.1. The van der Waals surface area contributed by atoms with Gasteiger partial charge < -0.3 is 5.32 Å². The Morgan fingerprint density at radius 2 is 1.96 bits per heavy atom. The summed E-state index contributed by atoms with van der Waals surface area (Å²) in [5.74, 6) is -0.346. The highest BCUT2D eigenvalue weighted by atomic mass is 35.5. The van der Waals surface area contributed by atoms with E-state index in [1.165, 1.54) is 6.20 Å². The summed E-state index contributed by atoms with van der Waals surface area (Å²) in [6.45, 7) is 1.72. The van der Waals surface area contributed by atoms with Crippen molar-refractivity contribution in [3.63, 3.8) is 0 Å². The van der Waals surface area contributed by atoms with Gasteiger partial charge in [0, 0.05) is 16.3 Å². The number of nitrogens with one attached hydrogen (secondary N) is 1. The van der Waals surface area contributed by atoms with Crippen molar-refractivity contribution < 1.29 is 4.79 Å². The molecule has 1 aromatic heterocycles. The quantitative estimate of drug-likeness (QED) is 0.781. The van der Waals surface area contributed by atoms with E-state index >= 15 is 0 Å². The molecule has 1 amide bonds. The molecule has 0 fully saturated rings. The Balaban J connectivity index is 1.74. The number of benzene rings is 2. The van der Waals surface area contributed by atoms with Crippen LogP contribution in [-0.2, 0) is 11.3 Å². The fraction of sp³-hybridized carbons (Fsp3) is 0.111. The minimum atomic E-state index is -0.591. The highest BCUT2D eigenvalue weighted by Crippen LogP contribution is 2.17. The lowest BCUT2D eigenvalue weighted by atomic mass is 10.2. The van der Waals surface area contributed by atoms with Gasteiger partial charge in [0.2, 0.25) is 5.91 Å². The first-order chi connectivity index (χ1) is 12.0. The van der Waals surface area contributed by atoms with Crippen LogP contribution in [0.3, 0.4) is 0 Å². The third-order valence-corrected chi connectivity index (χ3v) is 3.74. The maximum absolute atomic E-state index is 12.1. The molecule has 1 heterocycles. The van der Waals surface area contributed by atoms with Crippen molar-refractivity contribution in [2.24, 2.45) is 0 Å². The maximum Gasteiger partial charge on any atom is 0.365 e. The van der Waals surface area contributed by atoms with Gasteiger partial charge in [-0.15, -0.1) is 0 Å². The van der Waals surface area contributed by atoms with Gasteiger partial charge in [0.15, 0.2) is 0 Å². The second-order valence-corrected chi connectivity index (χ2v) is 5.94. The Labute approximate surface area is 149 Å². The van der Waals surface area contributed by atoms with Gasteiger partial charge in [-0.2, -0.15) is 10.1 Å². The summed E-state index contributed by atoms with van der Waals surface area (Å²) < 4.78 is 1.02. The van der Waals surface area contributed by atoms with E-state index < -0.39 is 5.69 Å². The molecule has 126 valence electrons. The molecule has 0 unspecified atom stereocenters. The van der Waals surface area contributed by atoms with Gasteiger partial charge in [-0.25, -0.2) is 9.48 Å². The number of hydrogen-bond acceptors (Lipinski definition) is 4. The van der Waals surface area contributed by atoms with Crippen molar-refractivity contribution in [2.45, 2.75) is 13.5 Å². The summed E-state index contributed by atoms with van der Waals surface area (Å²) in [7, 11) is 0. The second kappa shape index (κ2) is 7.27. The van der Waals surface area contributed by atoms with Gasteiger partial charge in [0.1, 0.15) is 6.54 Å². The van der Waals surface area contributed by atoms with Gasteiger partial charge in [-0.1, -0.05) is 35.9 Å². The van der Waals surface area contributed by atoms with Crippen LogP contribution in [0.2, 0.25) is 5.02 Å². The molecule has 0 saturated heterocycles. The summed E-state index contributed by atoms with van der Waals surface area (Å²) >= 11 is 5.84. The molecular weight excluding hydrogens is 340 g/mol. The Kier molecular flexibility index (Phi) is 4.90. The van der Waals surface area contributed by atoms with Crippen LogP contribution in [0, 0.1) is 6.92 Å². The summed E-state index contributed by atoms with van der Waals surface area (Å²) in [4.78, 5) is 28.2. The zero-order valence-electron chi connectivity index (χ0n) is 13.4. The second-order valence-electron chi connectivity index (χ2n) is 5.51.